The molecule has 0 aliphatic carbocycles. The zero-order valence-corrected chi connectivity index (χ0v) is 9.24. The number of nitrogens with one attached hydrogen (secondary N) is 1. The first-order valence-electron chi connectivity index (χ1n) is 4.85. The van der Waals surface area contributed by atoms with Crippen LogP contribution in [0.25, 0.3) is 0 Å². The summed E-state index contributed by atoms with van der Waals surface area (Å²) in [6.45, 7) is 6.25. The molecule has 0 aliphatic heterocycles. The number of anilines is 1. The predicted molar refractivity (Wildman–Crippen MR) is 59.7 cm³/mol. The van der Waals surface area contributed by atoms with Crippen molar-refractivity contribution in [2.24, 2.45) is 0 Å². The van der Waals surface area contributed by atoms with E-state index in [1.54, 1.807) is 19.2 Å². The molecule has 0 unspecified atom stereocenters. The second kappa shape index (κ2) is 5.86. The van der Waals surface area contributed by atoms with Crippen molar-refractivity contribution >= 4 is 5.95 Å². The van der Waals surface area contributed by atoms with E-state index >= 15 is 0 Å². The average Bonchev–Trinajstić information content (AvgIpc) is 2.18. The summed E-state index contributed by atoms with van der Waals surface area (Å²) < 4.78 is 5.43. The van der Waals surface area contributed by atoms with Crippen LogP contribution in [0.5, 0.6) is 5.88 Å². The van der Waals surface area contributed by atoms with E-state index in [0.29, 0.717) is 18.4 Å². The topological polar surface area (TPSA) is 47.0 Å². The Kier molecular flexibility index (Phi) is 4.42. The van der Waals surface area contributed by atoms with Crippen molar-refractivity contribution in [3.05, 3.63) is 12.3 Å². The van der Waals surface area contributed by atoms with Gasteiger partial charge in [0.2, 0.25) is 11.8 Å². The van der Waals surface area contributed by atoms with Crippen molar-refractivity contribution in [3.63, 3.8) is 0 Å². The van der Waals surface area contributed by atoms with E-state index in [2.05, 4.69) is 27.1 Å². The summed E-state index contributed by atoms with van der Waals surface area (Å²) in [5.41, 5.74) is 0. The predicted octanol–water partition coefficient (Wildman–Crippen LogP) is 1.70. The van der Waals surface area contributed by atoms with Gasteiger partial charge in [0.1, 0.15) is 0 Å². The highest BCUT2D eigenvalue weighted by molar-refractivity contribution is 5.29. The second-order valence-corrected chi connectivity index (χ2v) is 3.17. The van der Waals surface area contributed by atoms with Gasteiger partial charge in [-0.25, -0.2) is 4.98 Å². The third kappa shape index (κ3) is 4.32. The monoisotopic (exact) mass is 205 g/mol. The molecule has 4 heteroatoms. The van der Waals surface area contributed by atoms with Crippen LogP contribution in [0.3, 0.4) is 0 Å². The van der Waals surface area contributed by atoms with Crippen LogP contribution in [0.4, 0.5) is 5.95 Å². The Bertz CT molecular complexity index is 366. The fraction of sp³-hybridized carbons (Fsp3) is 0.455. The third-order valence-corrected chi connectivity index (χ3v) is 1.50. The van der Waals surface area contributed by atoms with Crippen molar-refractivity contribution in [1.29, 1.82) is 0 Å². The van der Waals surface area contributed by atoms with E-state index in [-0.39, 0.29) is 6.10 Å². The minimum absolute atomic E-state index is 0.114. The summed E-state index contributed by atoms with van der Waals surface area (Å²) in [5.74, 6) is 6.77. The summed E-state index contributed by atoms with van der Waals surface area (Å²) in [7, 11) is 0. The smallest absolute Gasteiger partial charge is 0.226 e. The SMILES string of the molecule is CC#CCNc1nccc(OC(C)C)n1. The Hall–Kier alpha value is -1.76. The molecule has 0 spiro atoms. The van der Waals surface area contributed by atoms with Crippen LogP contribution in [-0.2, 0) is 0 Å². The Balaban J connectivity index is 2.60. The third-order valence-electron chi connectivity index (χ3n) is 1.50. The van der Waals surface area contributed by atoms with Gasteiger partial charge < -0.3 is 10.1 Å². The highest BCUT2D eigenvalue weighted by atomic mass is 16.5. The molecule has 0 saturated heterocycles. The van der Waals surface area contributed by atoms with Crippen molar-refractivity contribution < 1.29 is 4.74 Å². The lowest BCUT2D eigenvalue weighted by molar-refractivity contribution is 0.232. The molecule has 0 aromatic carbocycles. The highest BCUT2D eigenvalue weighted by Gasteiger charge is 2.00. The molecule has 0 atom stereocenters. The first kappa shape index (κ1) is 11.3. The van der Waals surface area contributed by atoms with Crippen molar-refractivity contribution in [1.82, 2.24) is 9.97 Å². The van der Waals surface area contributed by atoms with Crippen LogP contribution in [-0.4, -0.2) is 22.6 Å². The molecule has 0 aliphatic rings. The van der Waals surface area contributed by atoms with E-state index in [4.69, 9.17) is 4.74 Å². The lowest BCUT2D eigenvalue weighted by Crippen LogP contribution is -2.09. The van der Waals surface area contributed by atoms with Gasteiger partial charge in [0.15, 0.2) is 0 Å². The van der Waals surface area contributed by atoms with E-state index in [1.165, 1.54) is 0 Å². The molecule has 4 nitrogen and oxygen atoms in total. The van der Waals surface area contributed by atoms with Gasteiger partial charge in [-0.15, -0.1) is 5.92 Å². The normalized spacial score (nSPS) is 9.33. The molecule has 15 heavy (non-hydrogen) atoms. The van der Waals surface area contributed by atoms with Gasteiger partial charge in [0, 0.05) is 12.3 Å². The quantitative estimate of drug-likeness (QED) is 0.760. The van der Waals surface area contributed by atoms with Gasteiger partial charge in [-0.2, -0.15) is 4.98 Å². The first-order chi connectivity index (χ1) is 7.22. The molecule has 80 valence electrons. The largest absolute Gasteiger partial charge is 0.475 e. The van der Waals surface area contributed by atoms with E-state index in [9.17, 15) is 0 Å². The highest BCUT2D eigenvalue weighted by Crippen LogP contribution is 2.09. The number of hydrogen-bond acceptors (Lipinski definition) is 4. The molecule has 0 radical (unpaired) electrons. The standard InChI is InChI=1S/C11H15N3O/c1-4-5-7-12-11-13-8-6-10(14-11)15-9(2)3/h6,8-9H,7H2,1-3H3,(H,12,13,14). The van der Waals surface area contributed by atoms with Crippen molar-refractivity contribution in [2.75, 3.05) is 11.9 Å². The zero-order valence-electron chi connectivity index (χ0n) is 9.24. The van der Waals surface area contributed by atoms with Gasteiger partial charge in [-0.1, -0.05) is 5.92 Å². The molecule has 1 aromatic heterocycles. The lowest BCUT2D eigenvalue weighted by Gasteiger charge is -2.08. The van der Waals surface area contributed by atoms with Gasteiger partial charge in [-0.3, -0.25) is 0 Å². The summed E-state index contributed by atoms with van der Waals surface area (Å²) in [6, 6.07) is 1.73. The Morgan fingerprint density at radius 2 is 2.33 bits per heavy atom. The maximum atomic E-state index is 5.43. The Morgan fingerprint density at radius 1 is 1.53 bits per heavy atom. The van der Waals surface area contributed by atoms with E-state index in [0.717, 1.165) is 0 Å². The van der Waals surface area contributed by atoms with Crippen LogP contribution in [0.1, 0.15) is 20.8 Å². The number of rotatable bonds is 4. The summed E-state index contributed by atoms with van der Waals surface area (Å²) in [6.07, 6.45) is 1.77. The molecule has 1 rings (SSSR count). The van der Waals surface area contributed by atoms with Gasteiger partial charge in [0.05, 0.1) is 12.6 Å². The molecule has 0 bridgehead atoms. The first-order valence-corrected chi connectivity index (χ1v) is 4.85. The van der Waals surface area contributed by atoms with Gasteiger partial charge in [0.25, 0.3) is 0 Å². The van der Waals surface area contributed by atoms with Gasteiger partial charge in [-0.05, 0) is 20.8 Å². The van der Waals surface area contributed by atoms with Crippen LogP contribution in [0.2, 0.25) is 0 Å². The summed E-state index contributed by atoms with van der Waals surface area (Å²) in [5, 5.41) is 2.98. The van der Waals surface area contributed by atoms with E-state index in [1.807, 2.05) is 13.8 Å². The molecule has 0 fully saturated rings. The van der Waals surface area contributed by atoms with Crippen molar-refractivity contribution in [2.45, 2.75) is 26.9 Å². The molecule has 1 heterocycles. The minimum atomic E-state index is 0.114. The summed E-state index contributed by atoms with van der Waals surface area (Å²) >= 11 is 0. The summed E-state index contributed by atoms with van der Waals surface area (Å²) in [4.78, 5) is 8.22. The Morgan fingerprint density at radius 3 is 3.00 bits per heavy atom. The Labute approximate surface area is 90.1 Å². The molecule has 0 saturated carbocycles. The van der Waals surface area contributed by atoms with Crippen LogP contribution >= 0.6 is 0 Å². The van der Waals surface area contributed by atoms with E-state index < -0.39 is 0 Å². The molecule has 1 aromatic rings. The molecule has 0 amide bonds. The fourth-order valence-corrected chi connectivity index (χ4v) is 0.946. The van der Waals surface area contributed by atoms with Crippen molar-refractivity contribution in [3.8, 4) is 17.7 Å². The molecular weight excluding hydrogens is 190 g/mol. The molecule has 1 N–H and O–H groups in total. The number of nitrogens with zero attached hydrogens (tertiary/aromatic N) is 2. The van der Waals surface area contributed by atoms with Gasteiger partial charge >= 0.3 is 0 Å². The van der Waals surface area contributed by atoms with Crippen LogP contribution in [0.15, 0.2) is 12.3 Å². The number of ether oxygens (including phenoxy) is 1. The number of aromatic nitrogens is 2. The number of hydrogen-bond donors (Lipinski definition) is 1. The van der Waals surface area contributed by atoms with Crippen LogP contribution in [0, 0.1) is 11.8 Å². The minimum Gasteiger partial charge on any atom is -0.475 e. The fourth-order valence-electron chi connectivity index (χ4n) is 0.946. The molecular formula is C11H15N3O. The maximum absolute atomic E-state index is 5.43. The second-order valence-electron chi connectivity index (χ2n) is 3.17. The zero-order chi connectivity index (χ0) is 11.1. The lowest BCUT2D eigenvalue weighted by atomic mass is 10.5. The van der Waals surface area contributed by atoms with Crippen LogP contribution < -0.4 is 10.1 Å². The maximum Gasteiger partial charge on any atom is 0.226 e. The average molecular weight is 205 g/mol.